The molecule has 0 spiro atoms. The SMILES string of the molecule is O=C(Nc1ccc(NC2CCCCC2)nc1)c1ccc(F)c(F)c1F. The average Bonchev–Trinajstić information content (AvgIpc) is 2.62. The zero-order valence-electron chi connectivity index (χ0n) is 13.5. The molecule has 0 bridgehead atoms. The molecule has 1 saturated carbocycles. The first-order chi connectivity index (χ1) is 12.0. The lowest BCUT2D eigenvalue weighted by molar-refractivity contribution is 0.102. The number of halogens is 3. The zero-order valence-corrected chi connectivity index (χ0v) is 13.5. The summed E-state index contributed by atoms with van der Waals surface area (Å²) in [5.41, 5.74) is -0.230. The van der Waals surface area contributed by atoms with Crippen molar-refractivity contribution in [2.75, 3.05) is 10.6 Å². The number of aromatic nitrogens is 1. The smallest absolute Gasteiger partial charge is 0.258 e. The second-order valence-corrected chi connectivity index (χ2v) is 6.09. The van der Waals surface area contributed by atoms with Gasteiger partial charge in [-0.15, -0.1) is 0 Å². The first-order valence-corrected chi connectivity index (χ1v) is 8.22. The number of carbonyl (C=O) groups is 1. The number of hydrogen-bond acceptors (Lipinski definition) is 3. The van der Waals surface area contributed by atoms with Crippen molar-refractivity contribution in [2.24, 2.45) is 0 Å². The van der Waals surface area contributed by atoms with E-state index in [0.717, 1.165) is 18.9 Å². The van der Waals surface area contributed by atoms with E-state index in [-0.39, 0.29) is 0 Å². The lowest BCUT2D eigenvalue weighted by Gasteiger charge is -2.23. The maximum absolute atomic E-state index is 13.6. The highest BCUT2D eigenvalue weighted by molar-refractivity contribution is 6.04. The van der Waals surface area contributed by atoms with Gasteiger partial charge in [-0.05, 0) is 37.1 Å². The molecule has 2 N–H and O–H groups in total. The maximum Gasteiger partial charge on any atom is 0.258 e. The van der Waals surface area contributed by atoms with Crippen LogP contribution in [0.2, 0.25) is 0 Å². The third-order valence-corrected chi connectivity index (χ3v) is 4.26. The van der Waals surface area contributed by atoms with E-state index in [0.29, 0.717) is 23.6 Å². The van der Waals surface area contributed by atoms with Crippen LogP contribution in [0.15, 0.2) is 30.5 Å². The summed E-state index contributed by atoms with van der Waals surface area (Å²) in [5, 5.41) is 5.76. The van der Waals surface area contributed by atoms with Gasteiger partial charge >= 0.3 is 0 Å². The predicted octanol–water partition coefficient (Wildman–Crippen LogP) is 4.50. The first-order valence-electron chi connectivity index (χ1n) is 8.22. The van der Waals surface area contributed by atoms with Gasteiger partial charge in [-0.1, -0.05) is 19.3 Å². The van der Waals surface area contributed by atoms with Crippen LogP contribution in [-0.4, -0.2) is 16.9 Å². The number of hydrogen-bond donors (Lipinski definition) is 2. The van der Waals surface area contributed by atoms with Crippen LogP contribution in [0.25, 0.3) is 0 Å². The molecular formula is C18H18F3N3O. The first kappa shape index (κ1) is 17.3. The lowest BCUT2D eigenvalue weighted by atomic mass is 9.95. The van der Waals surface area contributed by atoms with E-state index in [9.17, 15) is 18.0 Å². The Hall–Kier alpha value is -2.57. The summed E-state index contributed by atoms with van der Waals surface area (Å²) >= 11 is 0. The number of rotatable bonds is 4. The molecule has 1 fully saturated rings. The Bertz CT molecular complexity index is 759. The molecule has 132 valence electrons. The van der Waals surface area contributed by atoms with E-state index < -0.39 is 28.9 Å². The molecule has 0 unspecified atom stereocenters. The molecule has 4 nitrogen and oxygen atoms in total. The van der Waals surface area contributed by atoms with Crippen molar-refractivity contribution in [3.63, 3.8) is 0 Å². The molecule has 0 atom stereocenters. The topological polar surface area (TPSA) is 54.0 Å². The highest BCUT2D eigenvalue weighted by Crippen LogP contribution is 2.22. The zero-order chi connectivity index (χ0) is 17.8. The minimum atomic E-state index is -1.67. The van der Waals surface area contributed by atoms with E-state index in [1.807, 2.05) is 0 Å². The highest BCUT2D eigenvalue weighted by Gasteiger charge is 2.19. The van der Waals surface area contributed by atoms with Crippen LogP contribution < -0.4 is 10.6 Å². The molecule has 1 heterocycles. The van der Waals surface area contributed by atoms with Crippen LogP contribution in [0.3, 0.4) is 0 Å². The fraction of sp³-hybridized carbons (Fsp3) is 0.333. The van der Waals surface area contributed by atoms with Crippen molar-refractivity contribution in [3.8, 4) is 0 Å². The monoisotopic (exact) mass is 349 g/mol. The van der Waals surface area contributed by atoms with Crippen LogP contribution in [0.5, 0.6) is 0 Å². The quantitative estimate of drug-likeness (QED) is 0.800. The second-order valence-electron chi connectivity index (χ2n) is 6.09. The Labute approximate surface area is 143 Å². The van der Waals surface area contributed by atoms with E-state index >= 15 is 0 Å². The molecule has 1 aliphatic rings. The molecule has 7 heteroatoms. The van der Waals surface area contributed by atoms with Gasteiger partial charge in [-0.2, -0.15) is 0 Å². The van der Waals surface area contributed by atoms with Gasteiger partial charge in [0.25, 0.3) is 5.91 Å². The summed E-state index contributed by atoms with van der Waals surface area (Å²) in [6.45, 7) is 0. The maximum atomic E-state index is 13.6. The van der Waals surface area contributed by atoms with Gasteiger partial charge in [0.15, 0.2) is 17.5 Å². The summed E-state index contributed by atoms with van der Waals surface area (Å²) in [7, 11) is 0. The van der Waals surface area contributed by atoms with Crippen molar-refractivity contribution < 1.29 is 18.0 Å². The fourth-order valence-electron chi connectivity index (χ4n) is 2.91. The van der Waals surface area contributed by atoms with Crippen LogP contribution in [0, 0.1) is 17.5 Å². The molecule has 1 aromatic heterocycles. The van der Waals surface area contributed by atoms with Crippen molar-refractivity contribution in [2.45, 2.75) is 38.1 Å². The lowest BCUT2D eigenvalue weighted by Crippen LogP contribution is -2.22. The van der Waals surface area contributed by atoms with Gasteiger partial charge in [0.05, 0.1) is 17.4 Å². The van der Waals surface area contributed by atoms with E-state index in [1.165, 1.54) is 25.5 Å². The van der Waals surface area contributed by atoms with Crippen LogP contribution in [-0.2, 0) is 0 Å². The largest absolute Gasteiger partial charge is 0.367 e. The highest BCUT2D eigenvalue weighted by atomic mass is 19.2. The summed E-state index contributed by atoms with van der Waals surface area (Å²) < 4.78 is 39.8. The standard InChI is InChI=1S/C18H18F3N3O/c19-14-8-7-13(16(20)17(14)21)18(25)24-12-6-9-15(22-10-12)23-11-4-2-1-3-5-11/h6-11H,1-5H2,(H,22,23)(H,24,25). The molecule has 1 aliphatic carbocycles. The summed E-state index contributed by atoms with van der Waals surface area (Å²) in [4.78, 5) is 16.2. The molecule has 3 rings (SSSR count). The van der Waals surface area contributed by atoms with Gasteiger partial charge in [-0.3, -0.25) is 4.79 Å². The van der Waals surface area contributed by atoms with Crippen LogP contribution in [0.1, 0.15) is 42.5 Å². The van der Waals surface area contributed by atoms with Crippen LogP contribution in [0.4, 0.5) is 24.7 Å². The third-order valence-electron chi connectivity index (χ3n) is 4.26. The van der Waals surface area contributed by atoms with Gasteiger partial charge < -0.3 is 10.6 Å². The molecule has 0 radical (unpaired) electrons. The van der Waals surface area contributed by atoms with Gasteiger partial charge in [0.1, 0.15) is 5.82 Å². The minimum absolute atomic E-state index is 0.336. The number of nitrogens with one attached hydrogen (secondary N) is 2. The van der Waals surface area contributed by atoms with E-state index in [2.05, 4.69) is 15.6 Å². The minimum Gasteiger partial charge on any atom is -0.367 e. The summed E-state index contributed by atoms with van der Waals surface area (Å²) in [5.74, 6) is -4.69. The second kappa shape index (κ2) is 7.55. The molecule has 0 saturated heterocycles. The van der Waals surface area contributed by atoms with Crippen LogP contribution >= 0.6 is 0 Å². The average molecular weight is 349 g/mol. The van der Waals surface area contributed by atoms with Crippen molar-refractivity contribution in [3.05, 3.63) is 53.5 Å². The number of benzene rings is 1. The fourth-order valence-corrected chi connectivity index (χ4v) is 2.91. The van der Waals surface area contributed by atoms with E-state index in [4.69, 9.17) is 0 Å². The van der Waals surface area contributed by atoms with Crippen molar-refractivity contribution in [1.82, 2.24) is 4.98 Å². The molecule has 2 aromatic rings. The molecular weight excluding hydrogens is 331 g/mol. The molecule has 1 amide bonds. The molecule has 25 heavy (non-hydrogen) atoms. The van der Waals surface area contributed by atoms with E-state index in [1.54, 1.807) is 12.1 Å². The molecule has 0 aliphatic heterocycles. The Morgan fingerprint density at radius 2 is 1.76 bits per heavy atom. The number of anilines is 2. The normalized spacial score (nSPS) is 15.0. The summed E-state index contributed by atoms with van der Waals surface area (Å²) in [6.07, 6.45) is 7.31. The van der Waals surface area contributed by atoms with Gasteiger partial charge in [0, 0.05) is 6.04 Å². The summed E-state index contributed by atoms with van der Waals surface area (Å²) in [6, 6.07) is 5.34. The third kappa shape index (κ3) is 4.10. The number of nitrogens with zero attached hydrogens (tertiary/aromatic N) is 1. The van der Waals surface area contributed by atoms with Crippen molar-refractivity contribution in [1.29, 1.82) is 0 Å². The van der Waals surface area contributed by atoms with Gasteiger partial charge in [-0.25, -0.2) is 18.2 Å². The molecule has 1 aromatic carbocycles. The van der Waals surface area contributed by atoms with Gasteiger partial charge in [0.2, 0.25) is 0 Å². The number of pyridine rings is 1. The van der Waals surface area contributed by atoms with Crippen molar-refractivity contribution >= 4 is 17.4 Å². The Balaban J connectivity index is 1.65. The number of amides is 1. The Morgan fingerprint density at radius 3 is 2.44 bits per heavy atom. The number of carbonyl (C=O) groups excluding carboxylic acids is 1. The Kier molecular flexibility index (Phi) is 5.21. The Morgan fingerprint density at radius 1 is 1.00 bits per heavy atom. The predicted molar refractivity (Wildman–Crippen MR) is 89.0 cm³/mol.